The molecule has 0 bridgehead atoms. The summed E-state index contributed by atoms with van der Waals surface area (Å²) in [6, 6.07) is 8.94. The number of nitrogens with zero attached hydrogens (tertiary/aromatic N) is 3. The van der Waals surface area contributed by atoms with E-state index in [1.807, 2.05) is 6.07 Å². The molecule has 10 heteroatoms. The SMILES string of the molecule is O=S(=O)(c1ccc2c(c1)OCCO2)N1CCN(Cc2nc(-c3cccs3)cs2)CC1. The summed E-state index contributed by atoms with van der Waals surface area (Å²) in [6.07, 6.45) is 0. The molecule has 0 spiro atoms. The van der Waals surface area contributed by atoms with Gasteiger partial charge in [0.2, 0.25) is 10.0 Å². The summed E-state index contributed by atoms with van der Waals surface area (Å²) in [5.41, 5.74) is 1.02. The van der Waals surface area contributed by atoms with Crippen LogP contribution in [0.15, 0.2) is 46.0 Å². The molecule has 0 amide bonds. The summed E-state index contributed by atoms with van der Waals surface area (Å²) in [4.78, 5) is 8.41. The second-order valence-electron chi connectivity index (χ2n) is 7.09. The van der Waals surface area contributed by atoms with Crippen molar-refractivity contribution in [2.24, 2.45) is 0 Å². The lowest BCUT2D eigenvalue weighted by atomic mass is 10.3. The summed E-state index contributed by atoms with van der Waals surface area (Å²) in [5.74, 6) is 1.08. The predicted octanol–water partition coefficient (Wildman–Crippen LogP) is 3.15. The lowest BCUT2D eigenvalue weighted by Gasteiger charge is -2.33. The van der Waals surface area contributed by atoms with Gasteiger partial charge in [-0.2, -0.15) is 4.31 Å². The molecule has 4 heterocycles. The molecule has 0 unspecified atom stereocenters. The van der Waals surface area contributed by atoms with Crippen LogP contribution in [-0.4, -0.2) is 62.0 Å². The number of benzene rings is 1. The molecular weight excluding hydrogens is 442 g/mol. The van der Waals surface area contributed by atoms with Crippen LogP contribution < -0.4 is 9.47 Å². The largest absolute Gasteiger partial charge is 0.486 e. The maximum absolute atomic E-state index is 13.1. The molecule has 158 valence electrons. The van der Waals surface area contributed by atoms with Crippen LogP contribution in [0.5, 0.6) is 11.5 Å². The zero-order valence-electron chi connectivity index (χ0n) is 16.2. The predicted molar refractivity (Wildman–Crippen MR) is 117 cm³/mol. The van der Waals surface area contributed by atoms with Crippen molar-refractivity contribution < 1.29 is 17.9 Å². The highest BCUT2D eigenvalue weighted by Crippen LogP contribution is 2.33. The number of piperazine rings is 1. The number of sulfonamides is 1. The Bertz CT molecular complexity index is 1120. The Labute approximate surface area is 183 Å². The Hall–Kier alpha value is -1.98. The normalized spacial score (nSPS) is 17.9. The van der Waals surface area contributed by atoms with E-state index in [1.165, 1.54) is 4.88 Å². The minimum absolute atomic E-state index is 0.251. The fourth-order valence-corrected chi connectivity index (χ4v) is 6.61. The van der Waals surface area contributed by atoms with Crippen LogP contribution in [0.3, 0.4) is 0 Å². The third-order valence-electron chi connectivity index (χ3n) is 5.17. The van der Waals surface area contributed by atoms with Crippen LogP contribution in [0.25, 0.3) is 10.6 Å². The van der Waals surface area contributed by atoms with E-state index in [-0.39, 0.29) is 4.90 Å². The van der Waals surface area contributed by atoms with E-state index in [0.29, 0.717) is 50.9 Å². The molecule has 0 N–H and O–H groups in total. The smallest absolute Gasteiger partial charge is 0.243 e. The minimum Gasteiger partial charge on any atom is -0.486 e. The summed E-state index contributed by atoms with van der Waals surface area (Å²) in [5, 5.41) is 5.20. The van der Waals surface area contributed by atoms with Gasteiger partial charge in [-0.3, -0.25) is 4.90 Å². The van der Waals surface area contributed by atoms with Crippen molar-refractivity contribution in [1.82, 2.24) is 14.2 Å². The van der Waals surface area contributed by atoms with Gasteiger partial charge in [-0.1, -0.05) is 6.07 Å². The first-order valence-electron chi connectivity index (χ1n) is 9.70. The van der Waals surface area contributed by atoms with E-state index in [4.69, 9.17) is 14.5 Å². The Kier molecular flexibility index (Phi) is 5.50. The molecule has 2 aliphatic rings. The first-order valence-corrected chi connectivity index (χ1v) is 12.9. The van der Waals surface area contributed by atoms with Gasteiger partial charge in [0.15, 0.2) is 11.5 Å². The number of hydrogen-bond acceptors (Lipinski definition) is 8. The third-order valence-corrected chi connectivity index (χ3v) is 8.79. The Morgan fingerprint density at radius 1 is 1.00 bits per heavy atom. The molecule has 7 nitrogen and oxygen atoms in total. The molecule has 0 saturated carbocycles. The van der Waals surface area contributed by atoms with Gasteiger partial charge in [0.05, 0.1) is 22.0 Å². The van der Waals surface area contributed by atoms with E-state index in [2.05, 4.69) is 21.7 Å². The molecule has 1 saturated heterocycles. The molecule has 0 aliphatic carbocycles. The van der Waals surface area contributed by atoms with Crippen molar-refractivity contribution in [3.8, 4) is 22.1 Å². The highest BCUT2D eigenvalue weighted by atomic mass is 32.2. The molecule has 5 rings (SSSR count). The lowest BCUT2D eigenvalue weighted by molar-refractivity contribution is 0.170. The van der Waals surface area contributed by atoms with E-state index >= 15 is 0 Å². The van der Waals surface area contributed by atoms with Crippen LogP contribution in [0.2, 0.25) is 0 Å². The van der Waals surface area contributed by atoms with Gasteiger partial charge in [0, 0.05) is 37.6 Å². The molecule has 1 aromatic carbocycles. The quantitative estimate of drug-likeness (QED) is 0.579. The van der Waals surface area contributed by atoms with Gasteiger partial charge in [0.1, 0.15) is 18.2 Å². The first kappa shape index (κ1) is 20.0. The zero-order chi connectivity index (χ0) is 20.6. The van der Waals surface area contributed by atoms with Crippen molar-refractivity contribution in [3.63, 3.8) is 0 Å². The first-order chi connectivity index (χ1) is 14.6. The average Bonchev–Trinajstić information content (AvgIpc) is 3.46. The Balaban J connectivity index is 1.22. The number of thiazole rings is 1. The van der Waals surface area contributed by atoms with Gasteiger partial charge < -0.3 is 9.47 Å². The van der Waals surface area contributed by atoms with Crippen molar-refractivity contribution in [2.45, 2.75) is 11.4 Å². The van der Waals surface area contributed by atoms with E-state index in [9.17, 15) is 8.42 Å². The van der Waals surface area contributed by atoms with E-state index in [0.717, 1.165) is 17.2 Å². The molecule has 30 heavy (non-hydrogen) atoms. The number of fused-ring (bicyclic) bond motifs is 1. The van der Waals surface area contributed by atoms with Crippen LogP contribution in [0.4, 0.5) is 0 Å². The van der Waals surface area contributed by atoms with Gasteiger partial charge in [-0.15, -0.1) is 22.7 Å². The summed E-state index contributed by atoms with van der Waals surface area (Å²) in [6.45, 7) is 3.93. The summed E-state index contributed by atoms with van der Waals surface area (Å²) in [7, 11) is -3.56. The van der Waals surface area contributed by atoms with Gasteiger partial charge >= 0.3 is 0 Å². The fourth-order valence-electron chi connectivity index (χ4n) is 3.57. The summed E-state index contributed by atoms with van der Waals surface area (Å²) >= 11 is 3.34. The lowest BCUT2D eigenvalue weighted by Crippen LogP contribution is -2.48. The number of thiophene rings is 1. The maximum atomic E-state index is 13.1. The Morgan fingerprint density at radius 2 is 1.80 bits per heavy atom. The molecule has 1 fully saturated rings. The number of hydrogen-bond donors (Lipinski definition) is 0. The average molecular weight is 464 g/mol. The van der Waals surface area contributed by atoms with Crippen molar-refractivity contribution >= 4 is 32.7 Å². The van der Waals surface area contributed by atoms with Crippen molar-refractivity contribution in [3.05, 3.63) is 46.1 Å². The minimum atomic E-state index is -3.56. The van der Waals surface area contributed by atoms with E-state index in [1.54, 1.807) is 45.2 Å². The van der Waals surface area contributed by atoms with Gasteiger partial charge in [-0.25, -0.2) is 13.4 Å². The maximum Gasteiger partial charge on any atom is 0.243 e. The molecule has 3 aromatic rings. The number of aromatic nitrogens is 1. The van der Waals surface area contributed by atoms with Crippen LogP contribution in [0, 0.1) is 0 Å². The van der Waals surface area contributed by atoms with Crippen LogP contribution in [0.1, 0.15) is 5.01 Å². The van der Waals surface area contributed by atoms with E-state index < -0.39 is 10.0 Å². The fraction of sp³-hybridized carbons (Fsp3) is 0.350. The summed E-state index contributed by atoms with van der Waals surface area (Å²) < 4.78 is 38.7. The molecule has 2 aromatic heterocycles. The zero-order valence-corrected chi connectivity index (χ0v) is 18.6. The standard InChI is InChI=1S/C20H21N3O4S3/c24-30(25,15-3-4-17-18(12-15)27-10-9-26-17)23-7-5-22(6-8-23)13-20-21-16(14-29-20)19-2-1-11-28-19/h1-4,11-12,14H,5-10,13H2. The monoisotopic (exact) mass is 463 g/mol. The van der Waals surface area contributed by atoms with Crippen molar-refractivity contribution in [2.75, 3.05) is 39.4 Å². The molecule has 2 aliphatic heterocycles. The van der Waals surface area contributed by atoms with Crippen molar-refractivity contribution in [1.29, 1.82) is 0 Å². The molecular formula is C20H21N3O4S3. The number of ether oxygens (including phenoxy) is 2. The van der Waals surface area contributed by atoms with Gasteiger partial charge in [-0.05, 0) is 23.6 Å². The Morgan fingerprint density at radius 3 is 2.57 bits per heavy atom. The molecule has 0 atom stereocenters. The second kappa shape index (κ2) is 8.27. The number of rotatable bonds is 5. The second-order valence-corrected chi connectivity index (χ2v) is 10.9. The van der Waals surface area contributed by atoms with Crippen LogP contribution >= 0.6 is 22.7 Å². The molecule has 0 radical (unpaired) electrons. The third kappa shape index (κ3) is 3.97. The highest BCUT2D eigenvalue weighted by Gasteiger charge is 2.30. The van der Waals surface area contributed by atoms with Gasteiger partial charge in [0.25, 0.3) is 0 Å². The topological polar surface area (TPSA) is 72.0 Å². The van der Waals surface area contributed by atoms with Crippen LogP contribution in [-0.2, 0) is 16.6 Å². The highest BCUT2D eigenvalue weighted by molar-refractivity contribution is 7.89.